The van der Waals surface area contributed by atoms with Crippen molar-refractivity contribution in [1.29, 1.82) is 0 Å². The van der Waals surface area contributed by atoms with Gasteiger partial charge in [-0.05, 0) is 61.3 Å². The van der Waals surface area contributed by atoms with Crippen LogP contribution in [0.5, 0.6) is 0 Å². The summed E-state index contributed by atoms with van der Waals surface area (Å²) in [6, 6.07) is 16.6. The Labute approximate surface area is 195 Å². The van der Waals surface area contributed by atoms with Crippen molar-refractivity contribution in [3.8, 4) is 0 Å². The average molecular weight is 454 g/mol. The number of thioether (sulfide) groups is 1. The maximum Gasteiger partial charge on any atom is 0.0901 e. The molecule has 4 nitrogen and oxygen atoms in total. The Balaban J connectivity index is 1.63. The number of hydrogen-bond acceptors (Lipinski definition) is 5. The van der Waals surface area contributed by atoms with E-state index in [1.54, 1.807) is 11.8 Å². The van der Waals surface area contributed by atoms with E-state index in [4.69, 9.17) is 12.2 Å². The fourth-order valence-corrected chi connectivity index (χ4v) is 4.63. The lowest BCUT2D eigenvalue weighted by Gasteiger charge is -2.17. The third-order valence-corrected chi connectivity index (χ3v) is 6.75. The van der Waals surface area contributed by atoms with Crippen LogP contribution in [0.25, 0.3) is 6.08 Å². The van der Waals surface area contributed by atoms with Crippen LogP contribution in [-0.2, 0) is 6.54 Å². The number of nitrogens with zero attached hydrogens (tertiary/aromatic N) is 1. The quantitative estimate of drug-likeness (QED) is 0.270. The van der Waals surface area contributed by atoms with E-state index in [9.17, 15) is 5.11 Å². The largest absolute Gasteiger partial charge is 0.392 e. The zero-order valence-corrected chi connectivity index (χ0v) is 19.7. The highest BCUT2D eigenvalue weighted by Gasteiger charge is 2.13. The molecule has 0 spiro atoms. The summed E-state index contributed by atoms with van der Waals surface area (Å²) in [4.78, 5) is 4.35. The molecule has 1 aliphatic rings. The predicted molar refractivity (Wildman–Crippen MR) is 138 cm³/mol. The van der Waals surface area contributed by atoms with Gasteiger partial charge in [0, 0.05) is 41.2 Å². The summed E-state index contributed by atoms with van der Waals surface area (Å²) < 4.78 is 0. The summed E-state index contributed by atoms with van der Waals surface area (Å²) in [6.45, 7) is 7.32. The van der Waals surface area contributed by atoms with Gasteiger partial charge in [0.1, 0.15) is 0 Å². The molecule has 0 atom stereocenters. The number of hydrogen-bond donors (Lipinski definition) is 3. The minimum Gasteiger partial charge on any atom is -0.392 e. The van der Waals surface area contributed by atoms with E-state index >= 15 is 0 Å². The number of aliphatic hydroxyl groups is 1. The Kier molecular flexibility index (Phi) is 9.15. The van der Waals surface area contributed by atoms with Crippen molar-refractivity contribution < 1.29 is 5.11 Å². The molecule has 2 aromatic rings. The maximum atomic E-state index is 9.94. The number of likely N-dealkylation sites (tertiary alicyclic amines) is 1. The number of nitrogens with one attached hydrogen (secondary N) is 2. The Bertz CT molecular complexity index is 922. The van der Waals surface area contributed by atoms with Crippen molar-refractivity contribution in [2.24, 2.45) is 0 Å². The van der Waals surface area contributed by atoms with E-state index in [2.05, 4.69) is 52.4 Å². The first-order valence-corrected chi connectivity index (χ1v) is 12.0. The van der Waals surface area contributed by atoms with E-state index in [1.807, 2.05) is 31.3 Å². The van der Waals surface area contributed by atoms with Gasteiger partial charge in [-0.25, -0.2) is 0 Å². The van der Waals surface area contributed by atoms with Crippen LogP contribution in [0, 0.1) is 0 Å². The molecule has 1 saturated heterocycles. The summed E-state index contributed by atoms with van der Waals surface area (Å²) in [6.07, 6.45) is 4.55. The van der Waals surface area contributed by atoms with Gasteiger partial charge in [0.25, 0.3) is 0 Å². The highest BCUT2D eigenvalue weighted by Crippen LogP contribution is 2.24. The predicted octanol–water partition coefficient (Wildman–Crippen LogP) is 4.92. The Morgan fingerprint density at radius 3 is 2.61 bits per heavy atom. The molecular formula is C25H31N3OS2. The smallest absolute Gasteiger partial charge is 0.0901 e. The minimum absolute atomic E-state index is 0.112. The highest BCUT2D eigenvalue weighted by atomic mass is 32.2. The SMILES string of the molecule is C=C(NC(=S)CSc1ccccc1)/C(=C/c1ccc(CN2CCCC2)cc1NC)CO. The van der Waals surface area contributed by atoms with E-state index in [-0.39, 0.29) is 6.61 Å². The van der Waals surface area contributed by atoms with Crippen LogP contribution in [0.1, 0.15) is 24.0 Å². The summed E-state index contributed by atoms with van der Waals surface area (Å²) in [5, 5.41) is 16.4. The standard InChI is InChI=1S/C25H31N3OS2/c1-19(27-25(30)18-31-23-8-4-3-5-9-23)22(17-29)15-21-11-10-20(14-24(21)26-2)16-28-12-6-7-13-28/h3-5,8-11,14-15,26,29H,1,6-7,12-13,16-18H2,2H3,(H,27,30)/b22-15+. The molecule has 1 fully saturated rings. The number of aliphatic hydroxyl groups excluding tert-OH is 1. The molecule has 164 valence electrons. The van der Waals surface area contributed by atoms with E-state index in [0.717, 1.165) is 23.4 Å². The first-order chi connectivity index (χ1) is 15.1. The summed E-state index contributed by atoms with van der Waals surface area (Å²) >= 11 is 7.15. The first kappa shape index (κ1) is 23.5. The average Bonchev–Trinajstić information content (AvgIpc) is 3.30. The second kappa shape index (κ2) is 12.1. The molecule has 0 amide bonds. The van der Waals surface area contributed by atoms with Gasteiger partial charge in [-0.15, -0.1) is 11.8 Å². The zero-order valence-electron chi connectivity index (χ0n) is 18.1. The van der Waals surface area contributed by atoms with Crippen molar-refractivity contribution in [2.45, 2.75) is 24.3 Å². The van der Waals surface area contributed by atoms with Gasteiger partial charge in [-0.1, -0.05) is 49.1 Å². The van der Waals surface area contributed by atoms with E-state index in [0.29, 0.717) is 16.4 Å². The molecule has 0 saturated carbocycles. The van der Waals surface area contributed by atoms with Gasteiger partial charge < -0.3 is 15.7 Å². The van der Waals surface area contributed by atoms with Crippen LogP contribution in [0.2, 0.25) is 0 Å². The second-order valence-corrected chi connectivity index (χ2v) is 9.15. The lowest BCUT2D eigenvalue weighted by Crippen LogP contribution is -2.24. The molecule has 0 unspecified atom stereocenters. The molecule has 1 heterocycles. The maximum absolute atomic E-state index is 9.94. The normalized spacial score (nSPS) is 14.5. The van der Waals surface area contributed by atoms with E-state index in [1.165, 1.54) is 36.4 Å². The molecule has 31 heavy (non-hydrogen) atoms. The van der Waals surface area contributed by atoms with Gasteiger partial charge in [0.15, 0.2) is 0 Å². The Morgan fingerprint density at radius 2 is 1.94 bits per heavy atom. The van der Waals surface area contributed by atoms with Crippen LogP contribution >= 0.6 is 24.0 Å². The molecule has 0 bridgehead atoms. The fraction of sp³-hybridized carbons (Fsp3) is 0.320. The van der Waals surface area contributed by atoms with Gasteiger partial charge in [-0.2, -0.15) is 0 Å². The minimum atomic E-state index is -0.112. The molecule has 0 aromatic heterocycles. The van der Waals surface area contributed by atoms with Crippen LogP contribution in [-0.4, -0.2) is 47.5 Å². The fourth-order valence-electron chi connectivity index (χ4n) is 3.61. The van der Waals surface area contributed by atoms with Gasteiger partial charge in [0.2, 0.25) is 0 Å². The number of rotatable bonds is 10. The van der Waals surface area contributed by atoms with Crippen LogP contribution in [0.15, 0.2) is 71.3 Å². The Hall–Kier alpha value is -2.12. The molecule has 1 aliphatic heterocycles. The molecule has 0 radical (unpaired) electrons. The molecule has 2 aromatic carbocycles. The summed E-state index contributed by atoms with van der Waals surface area (Å²) in [5.41, 5.74) is 4.70. The molecule has 3 N–H and O–H groups in total. The van der Waals surface area contributed by atoms with Gasteiger partial charge >= 0.3 is 0 Å². The second-order valence-electron chi connectivity index (χ2n) is 7.61. The van der Waals surface area contributed by atoms with E-state index < -0.39 is 0 Å². The number of anilines is 1. The monoisotopic (exact) mass is 453 g/mol. The number of thiocarbonyl (C=S) groups is 1. The lowest BCUT2D eigenvalue weighted by molar-refractivity contribution is 0.331. The summed E-state index contributed by atoms with van der Waals surface area (Å²) in [5.74, 6) is 0.657. The van der Waals surface area contributed by atoms with Crippen LogP contribution in [0.4, 0.5) is 5.69 Å². The van der Waals surface area contributed by atoms with Crippen molar-refractivity contribution >= 4 is 40.7 Å². The highest BCUT2D eigenvalue weighted by molar-refractivity contribution is 8.01. The molecule has 0 aliphatic carbocycles. The van der Waals surface area contributed by atoms with Crippen molar-refractivity contribution in [3.63, 3.8) is 0 Å². The third-order valence-electron chi connectivity index (χ3n) is 5.28. The third kappa shape index (κ3) is 7.21. The topological polar surface area (TPSA) is 47.5 Å². The van der Waals surface area contributed by atoms with Crippen LogP contribution in [0.3, 0.4) is 0 Å². The first-order valence-electron chi connectivity index (χ1n) is 10.6. The summed E-state index contributed by atoms with van der Waals surface area (Å²) in [7, 11) is 1.92. The molecule has 6 heteroatoms. The van der Waals surface area contributed by atoms with Gasteiger partial charge in [0.05, 0.1) is 11.6 Å². The van der Waals surface area contributed by atoms with Gasteiger partial charge in [-0.3, -0.25) is 4.90 Å². The van der Waals surface area contributed by atoms with Crippen LogP contribution < -0.4 is 10.6 Å². The van der Waals surface area contributed by atoms with Crippen molar-refractivity contribution in [3.05, 3.63) is 77.5 Å². The van der Waals surface area contributed by atoms with Crippen molar-refractivity contribution in [2.75, 3.05) is 37.8 Å². The molecular weight excluding hydrogens is 422 g/mol. The van der Waals surface area contributed by atoms with Crippen molar-refractivity contribution in [1.82, 2.24) is 10.2 Å². The lowest BCUT2D eigenvalue weighted by atomic mass is 10.0. The number of benzene rings is 2. The zero-order chi connectivity index (χ0) is 22.1. The Morgan fingerprint density at radius 1 is 1.19 bits per heavy atom. The molecule has 3 rings (SSSR count).